The predicted octanol–water partition coefficient (Wildman–Crippen LogP) is 0.269. The number of primary amides is 1. The van der Waals surface area contributed by atoms with E-state index in [2.05, 4.69) is 15.0 Å². The number of carbonyl (C=O) groups is 2. The lowest BCUT2D eigenvalue weighted by Crippen LogP contribution is -2.13. The summed E-state index contributed by atoms with van der Waals surface area (Å²) in [4.78, 5) is 32.3. The molecule has 0 radical (unpaired) electrons. The minimum atomic E-state index is -1.20. The van der Waals surface area contributed by atoms with Crippen molar-refractivity contribution in [1.82, 2.24) is 15.0 Å². The number of nitrogens with zero attached hydrogens (tertiary/aromatic N) is 2. The Kier molecular flexibility index (Phi) is 2.57. The van der Waals surface area contributed by atoms with Gasteiger partial charge in [-0.25, -0.2) is 14.8 Å². The zero-order chi connectivity index (χ0) is 12.4. The van der Waals surface area contributed by atoms with Crippen LogP contribution in [-0.4, -0.2) is 31.9 Å². The van der Waals surface area contributed by atoms with Crippen molar-refractivity contribution in [2.45, 2.75) is 0 Å². The van der Waals surface area contributed by atoms with Gasteiger partial charge in [0.25, 0.3) is 5.91 Å². The first-order chi connectivity index (χ1) is 8.11. The molecule has 2 rings (SSSR count). The Morgan fingerprint density at radius 1 is 1.35 bits per heavy atom. The third-order valence-electron chi connectivity index (χ3n) is 2.15. The number of amides is 1. The number of rotatable bonds is 3. The summed E-state index contributed by atoms with van der Waals surface area (Å²) in [5, 5.41) is 8.98. The van der Waals surface area contributed by atoms with Crippen LogP contribution in [0.15, 0.2) is 24.7 Å². The summed E-state index contributed by atoms with van der Waals surface area (Å²) in [6.07, 6.45) is 2.62. The number of hydrogen-bond donors (Lipinski definition) is 3. The molecule has 0 saturated carbocycles. The summed E-state index contributed by atoms with van der Waals surface area (Å²) in [5.41, 5.74) is 5.45. The summed E-state index contributed by atoms with van der Waals surface area (Å²) in [6.45, 7) is 0. The summed E-state index contributed by atoms with van der Waals surface area (Å²) >= 11 is 0. The predicted molar refractivity (Wildman–Crippen MR) is 57.3 cm³/mol. The van der Waals surface area contributed by atoms with Crippen molar-refractivity contribution in [2.24, 2.45) is 5.73 Å². The van der Waals surface area contributed by atoms with Crippen LogP contribution in [0.5, 0.6) is 0 Å². The Labute approximate surface area is 95.3 Å². The molecule has 2 aromatic rings. The highest BCUT2D eigenvalue weighted by molar-refractivity contribution is 6.00. The summed E-state index contributed by atoms with van der Waals surface area (Å²) in [5.74, 6) is -1.91. The second-order valence-corrected chi connectivity index (χ2v) is 3.20. The van der Waals surface area contributed by atoms with Gasteiger partial charge in [0.2, 0.25) is 0 Å². The first-order valence-corrected chi connectivity index (χ1v) is 4.63. The van der Waals surface area contributed by atoms with Crippen molar-refractivity contribution >= 4 is 11.9 Å². The number of carboxylic acids is 1. The van der Waals surface area contributed by atoms with Gasteiger partial charge in [0, 0.05) is 11.8 Å². The van der Waals surface area contributed by atoms with E-state index in [-0.39, 0.29) is 22.6 Å². The molecule has 0 saturated heterocycles. The van der Waals surface area contributed by atoms with Crippen LogP contribution in [0.4, 0.5) is 0 Å². The van der Waals surface area contributed by atoms with Crippen LogP contribution in [0.1, 0.15) is 21.0 Å². The minimum Gasteiger partial charge on any atom is -0.476 e. The standard InChI is InChI=1S/C10H8N4O3/c11-9(15)8-6(13-4-14-8)5-2-1-3-12-7(5)10(16)17/h1-4H,(H2,11,15)(H,13,14)(H,16,17). The molecule has 86 valence electrons. The van der Waals surface area contributed by atoms with E-state index < -0.39 is 11.9 Å². The molecule has 0 fully saturated rings. The lowest BCUT2D eigenvalue weighted by molar-refractivity contribution is 0.0691. The Hall–Kier alpha value is -2.70. The van der Waals surface area contributed by atoms with Crippen molar-refractivity contribution in [2.75, 3.05) is 0 Å². The van der Waals surface area contributed by atoms with Gasteiger partial charge in [-0.1, -0.05) is 0 Å². The van der Waals surface area contributed by atoms with Gasteiger partial charge in [-0.2, -0.15) is 0 Å². The SMILES string of the molecule is NC(=O)c1[nH]cnc1-c1cccnc1C(=O)O. The third kappa shape index (κ3) is 1.85. The molecule has 7 nitrogen and oxygen atoms in total. The van der Waals surface area contributed by atoms with E-state index in [4.69, 9.17) is 10.8 Å². The molecule has 0 aliphatic rings. The lowest BCUT2D eigenvalue weighted by Gasteiger charge is -2.02. The molecule has 17 heavy (non-hydrogen) atoms. The number of hydrogen-bond acceptors (Lipinski definition) is 4. The van der Waals surface area contributed by atoms with E-state index in [1.807, 2.05) is 0 Å². The number of carbonyl (C=O) groups excluding carboxylic acids is 1. The normalized spacial score (nSPS) is 10.1. The van der Waals surface area contributed by atoms with Crippen molar-refractivity contribution in [3.8, 4) is 11.3 Å². The van der Waals surface area contributed by atoms with Crippen molar-refractivity contribution in [3.63, 3.8) is 0 Å². The highest BCUT2D eigenvalue weighted by Gasteiger charge is 2.19. The number of nitrogens with one attached hydrogen (secondary N) is 1. The van der Waals surface area contributed by atoms with Crippen LogP contribution in [0.3, 0.4) is 0 Å². The molecule has 0 aliphatic carbocycles. The van der Waals surface area contributed by atoms with Crippen LogP contribution in [0.2, 0.25) is 0 Å². The number of carboxylic acid groups (broad SMARTS) is 1. The highest BCUT2D eigenvalue weighted by atomic mass is 16.4. The molecule has 0 atom stereocenters. The second-order valence-electron chi connectivity index (χ2n) is 3.20. The van der Waals surface area contributed by atoms with Crippen LogP contribution >= 0.6 is 0 Å². The fourth-order valence-electron chi connectivity index (χ4n) is 1.45. The van der Waals surface area contributed by atoms with Gasteiger partial charge in [0.15, 0.2) is 5.69 Å². The number of imidazole rings is 1. The highest BCUT2D eigenvalue weighted by Crippen LogP contribution is 2.22. The smallest absolute Gasteiger partial charge is 0.355 e. The molecule has 7 heteroatoms. The molecule has 4 N–H and O–H groups in total. The van der Waals surface area contributed by atoms with Gasteiger partial charge in [-0.3, -0.25) is 4.79 Å². The number of nitrogens with two attached hydrogens (primary N) is 1. The fourth-order valence-corrected chi connectivity index (χ4v) is 1.45. The van der Waals surface area contributed by atoms with Gasteiger partial charge in [-0.15, -0.1) is 0 Å². The molecule has 1 amide bonds. The maximum absolute atomic E-state index is 11.1. The second kappa shape index (κ2) is 4.05. The molecule has 0 unspecified atom stereocenters. The average molecular weight is 232 g/mol. The van der Waals surface area contributed by atoms with E-state index in [9.17, 15) is 9.59 Å². The topological polar surface area (TPSA) is 122 Å². The van der Waals surface area contributed by atoms with Crippen molar-refractivity contribution in [1.29, 1.82) is 0 Å². The minimum absolute atomic E-state index is 0.0560. The van der Waals surface area contributed by atoms with Gasteiger partial charge >= 0.3 is 5.97 Å². The zero-order valence-corrected chi connectivity index (χ0v) is 8.54. The van der Waals surface area contributed by atoms with Crippen LogP contribution in [-0.2, 0) is 0 Å². The van der Waals surface area contributed by atoms with Gasteiger partial charge < -0.3 is 15.8 Å². The molecule has 0 bridgehead atoms. The molecular formula is C10H8N4O3. The molecular weight excluding hydrogens is 224 g/mol. The first-order valence-electron chi connectivity index (χ1n) is 4.63. The average Bonchev–Trinajstić information content (AvgIpc) is 2.77. The van der Waals surface area contributed by atoms with Crippen LogP contribution in [0, 0.1) is 0 Å². The van der Waals surface area contributed by atoms with Crippen LogP contribution in [0.25, 0.3) is 11.3 Å². The summed E-state index contributed by atoms with van der Waals surface area (Å²) in [6, 6.07) is 3.07. The van der Waals surface area contributed by atoms with E-state index in [1.165, 1.54) is 18.6 Å². The number of H-pyrrole nitrogens is 1. The van der Waals surface area contributed by atoms with Crippen LogP contribution < -0.4 is 5.73 Å². The largest absolute Gasteiger partial charge is 0.476 e. The molecule has 0 spiro atoms. The Bertz CT molecular complexity index is 591. The van der Waals surface area contributed by atoms with E-state index in [0.717, 1.165) is 0 Å². The molecule has 2 aromatic heterocycles. The van der Waals surface area contributed by atoms with Gasteiger partial charge in [0.05, 0.1) is 6.33 Å². The fraction of sp³-hybridized carbons (Fsp3) is 0. The number of aromatic carboxylic acids is 1. The zero-order valence-electron chi connectivity index (χ0n) is 8.54. The van der Waals surface area contributed by atoms with Gasteiger partial charge in [0.1, 0.15) is 11.4 Å². The van der Waals surface area contributed by atoms with E-state index in [0.29, 0.717) is 0 Å². The van der Waals surface area contributed by atoms with Crippen molar-refractivity contribution in [3.05, 3.63) is 36.0 Å². The Balaban J connectivity index is 2.64. The monoisotopic (exact) mass is 232 g/mol. The lowest BCUT2D eigenvalue weighted by atomic mass is 10.1. The van der Waals surface area contributed by atoms with Crippen molar-refractivity contribution < 1.29 is 14.7 Å². The summed E-state index contributed by atoms with van der Waals surface area (Å²) < 4.78 is 0. The Morgan fingerprint density at radius 2 is 2.12 bits per heavy atom. The van der Waals surface area contributed by atoms with E-state index >= 15 is 0 Å². The third-order valence-corrected chi connectivity index (χ3v) is 2.15. The first kappa shape index (κ1) is 10.8. The number of pyridine rings is 1. The molecule has 0 aliphatic heterocycles. The van der Waals surface area contributed by atoms with E-state index in [1.54, 1.807) is 6.07 Å². The maximum Gasteiger partial charge on any atom is 0.355 e. The quantitative estimate of drug-likeness (QED) is 0.701. The molecule has 0 aromatic carbocycles. The Morgan fingerprint density at radius 3 is 2.76 bits per heavy atom. The number of aromatic nitrogens is 3. The number of aromatic amines is 1. The molecule has 2 heterocycles. The summed E-state index contributed by atoms with van der Waals surface area (Å²) in [7, 11) is 0. The maximum atomic E-state index is 11.1. The van der Waals surface area contributed by atoms with Gasteiger partial charge in [-0.05, 0) is 12.1 Å².